The number of hydrogen-bond acceptors (Lipinski definition) is 1. The van der Waals surface area contributed by atoms with E-state index in [4.69, 9.17) is 4.74 Å². The van der Waals surface area contributed by atoms with Gasteiger partial charge in [-0.05, 0) is 13.0 Å². The summed E-state index contributed by atoms with van der Waals surface area (Å²) in [5.74, 6) is 0.944. The van der Waals surface area contributed by atoms with Gasteiger partial charge in [0.05, 0.1) is 12.9 Å². The molecule has 0 N–H and O–H groups in total. The van der Waals surface area contributed by atoms with E-state index in [1.54, 1.807) is 13.2 Å². The van der Waals surface area contributed by atoms with E-state index >= 15 is 0 Å². The molecule has 0 unspecified atom stereocenters. The Balaban J connectivity index is 3.38. The zero-order valence-electron chi connectivity index (χ0n) is 4.90. The van der Waals surface area contributed by atoms with Crippen molar-refractivity contribution in [3.8, 4) is 0 Å². The second-order valence-electron chi connectivity index (χ2n) is 1.23. The topological polar surface area (TPSA) is 9.23 Å². The van der Waals surface area contributed by atoms with Crippen molar-refractivity contribution < 1.29 is 4.74 Å². The summed E-state index contributed by atoms with van der Waals surface area (Å²) in [5, 5.41) is 0. The van der Waals surface area contributed by atoms with Gasteiger partial charge in [0, 0.05) is 6.42 Å². The lowest BCUT2D eigenvalue weighted by Crippen LogP contribution is -1.80. The highest BCUT2D eigenvalue weighted by Gasteiger charge is 1.82. The minimum Gasteiger partial charge on any atom is -0.501 e. The van der Waals surface area contributed by atoms with E-state index in [-0.39, 0.29) is 0 Å². The number of hydrogen-bond donors (Lipinski definition) is 0. The van der Waals surface area contributed by atoms with E-state index < -0.39 is 0 Å². The Morgan fingerprint density at radius 1 is 1.86 bits per heavy atom. The fourth-order valence-corrected chi connectivity index (χ4v) is 0.372. The molecule has 0 aliphatic carbocycles. The van der Waals surface area contributed by atoms with Gasteiger partial charge in [0.1, 0.15) is 0 Å². The molecule has 1 heteroatoms. The molecule has 0 aromatic heterocycles. The summed E-state index contributed by atoms with van der Waals surface area (Å²) in [6.07, 6.45) is 2.65. The number of methoxy groups -OCH3 is 1. The van der Waals surface area contributed by atoms with Gasteiger partial charge >= 0.3 is 0 Å². The van der Waals surface area contributed by atoms with Gasteiger partial charge in [-0.3, -0.25) is 0 Å². The smallest absolute Gasteiger partial charge is 0.0913 e. The predicted octanol–water partition coefficient (Wildman–Crippen LogP) is 1.76. The molecular formula is C6H11O. The maximum absolute atomic E-state index is 4.85. The Kier molecular flexibility index (Phi) is 3.48. The fraction of sp³-hybridized carbons (Fsp3) is 0.500. The van der Waals surface area contributed by atoms with E-state index in [0.717, 1.165) is 12.2 Å². The molecule has 0 heterocycles. The third-order valence-corrected chi connectivity index (χ3v) is 0.838. The normalized spacial score (nSPS) is 11.6. The van der Waals surface area contributed by atoms with Crippen LogP contribution in [-0.4, -0.2) is 7.11 Å². The number of rotatable bonds is 2. The van der Waals surface area contributed by atoms with Crippen LogP contribution in [0.1, 0.15) is 13.3 Å². The second-order valence-corrected chi connectivity index (χ2v) is 1.23. The van der Waals surface area contributed by atoms with Crippen molar-refractivity contribution in [3.63, 3.8) is 0 Å². The summed E-state index contributed by atoms with van der Waals surface area (Å²) in [4.78, 5) is 0. The number of allylic oxidation sites excluding steroid dienone is 2. The largest absolute Gasteiger partial charge is 0.501 e. The van der Waals surface area contributed by atoms with Gasteiger partial charge in [-0.1, -0.05) is 6.92 Å². The van der Waals surface area contributed by atoms with Gasteiger partial charge in [-0.15, -0.1) is 0 Å². The van der Waals surface area contributed by atoms with Crippen molar-refractivity contribution >= 4 is 0 Å². The molecule has 0 bridgehead atoms. The molecule has 7 heavy (non-hydrogen) atoms. The van der Waals surface area contributed by atoms with Gasteiger partial charge in [-0.25, -0.2) is 0 Å². The minimum absolute atomic E-state index is 0.931. The third kappa shape index (κ3) is 2.26. The lowest BCUT2D eigenvalue weighted by atomic mass is 10.4. The fourth-order valence-electron chi connectivity index (χ4n) is 0.372. The molecule has 1 radical (unpaired) electrons. The average Bonchev–Trinajstić information content (AvgIpc) is 1.72. The Morgan fingerprint density at radius 2 is 2.43 bits per heavy atom. The third-order valence-electron chi connectivity index (χ3n) is 0.838. The van der Waals surface area contributed by atoms with E-state index in [1.165, 1.54) is 0 Å². The summed E-state index contributed by atoms with van der Waals surface area (Å²) in [6, 6.07) is 0. The van der Waals surface area contributed by atoms with Crippen molar-refractivity contribution in [1.29, 1.82) is 0 Å². The maximum atomic E-state index is 4.85. The molecule has 0 atom stereocenters. The minimum atomic E-state index is 0.931. The van der Waals surface area contributed by atoms with E-state index in [9.17, 15) is 0 Å². The van der Waals surface area contributed by atoms with Crippen molar-refractivity contribution in [2.24, 2.45) is 0 Å². The Morgan fingerprint density at radius 3 is 2.43 bits per heavy atom. The van der Waals surface area contributed by atoms with Crippen LogP contribution in [0.5, 0.6) is 0 Å². The maximum Gasteiger partial charge on any atom is 0.0913 e. The second kappa shape index (κ2) is 3.72. The van der Waals surface area contributed by atoms with Crippen LogP contribution in [0.2, 0.25) is 0 Å². The van der Waals surface area contributed by atoms with Gasteiger partial charge in [0.25, 0.3) is 0 Å². The zero-order valence-corrected chi connectivity index (χ0v) is 4.90. The summed E-state index contributed by atoms with van der Waals surface area (Å²) < 4.78 is 4.85. The van der Waals surface area contributed by atoms with Crippen molar-refractivity contribution in [3.05, 3.63) is 18.8 Å². The first kappa shape index (κ1) is 6.54. The average molecular weight is 99.2 g/mol. The zero-order chi connectivity index (χ0) is 5.70. The van der Waals surface area contributed by atoms with Crippen molar-refractivity contribution in [1.82, 2.24) is 0 Å². The number of ether oxygens (including phenoxy) is 1. The molecule has 0 rings (SSSR count). The van der Waals surface area contributed by atoms with Gasteiger partial charge in [0.2, 0.25) is 0 Å². The molecule has 0 saturated carbocycles. The molecule has 0 spiro atoms. The van der Waals surface area contributed by atoms with Crippen molar-refractivity contribution in [2.45, 2.75) is 13.3 Å². The molecule has 0 amide bonds. The first-order valence-corrected chi connectivity index (χ1v) is 2.37. The van der Waals surface area contributed by atoms with E-state index in [0.29, 0.717) is 0 Å². The van der Waals surface area contributed by atoms with E-state index in [2.05, 4.69) is 6.92 Å². The summed E-state index contributed by atoms with van der Waals surface area (Å²) in [7, 11) is 1.65. The lowest BCUT2D eigenvalue weighted by Gasteiger charge is -1.97. The Labute approximate surface area is 45.0 Å². The van der Waals surface area contributed by atoms with Gasteiger partial charge in [0.15, 0.2) is 0 Å². The lowest BCUT2D eigenvalue weighted by molar-refractivity contribution is 0.281. The van der Waals surface area contributed by atoms with Crippen LogP contribution in [0.4, 0.5) is 0 Å². The Hall–Kier alpha value is -0.460. The predicted molar refractivity (Wildman–Crippen MR) is 30.7 cm³/mol. The van der Waals surface area contributed by atoms with Crippen LogP contribution in [0.15, 0.2) is 11.8 Å². The highest BCUT2D eigenvalue weighted by molar-refractivity contribution is 4.92. The molecule has 0 aliphatic rings. The first-order valence-electron chi connectivity index (χ1n) is 2.37. The molecular weight excluding hydrogens is 88.1 g/mol. The molecule has 0 aromatic rings. The highest BCUT2D eigenvalue weighted by Crippen LogP contribution is 1.97. The van der Waals surface area contributed by atoms with Crippen LogP contribution >= 0.6 is 0 Å². The quantitative estimate of drug-likeness (QED) is 0.479. The van der Waals surface area contributed by atoms with Crippen LogP contribution < -0.4 is 0 Å². The molecule has 0 aliphatic heterocycles. The van der Waals surface area contributed by atoms with Crippen LogP contribution in [0.25, 0.3) is 0 Å². The molecule has 41 valence electrons. The molecule has 0 saturated heterocycles. The van der Waals surface area contributed by atoms with Gasteiger partial charge in [-0.2, -0.15) is 0 Å². The summed E-state index contributed by atoms with van der Waals surface area (Å²) >= 11 is 0. The van der Waals surface area contributed by atoms with E-state index in [1.807, 2.05) is 6.92 Å². The SMILES string of the molecule is [CH2]C=C(CC)OC. The van der Waals surface area contributed by atoms with Crippen LogP contribution in [0, 0.1) is 6.92 Å². The molecule has 0 aromatic carbocycles. The summed E-state index contributed by atoms with van der Waals surface area (Å²) in [6.45, 7) is 5.57. The first-order chi connectivity index (χ1) is 3.35. The standard InChI is InChI=1S/C6H11O/c1-4-6(5-2)7-3/h4H,1,5H2,2-3H3. The monoisotopic (exact) mass is 99.1 g/mol. The molecule has 0 fully saturated rings. The highest BCUT2D eigenvalue weighted by atomic mass is 16.5. The Bertz CT molecular complexity index is 58.6. The van der Waals surface area contributed by atoms with Crippen molar-refractivity contribution in [2.75, 3.05) is 7.11 Å². The summed E-state index contributed by atoms with van der Waals surface area (Å²) in [5.41, 5.74) is 0. The van der Waals surface area contributed by atoms with Gasteiger partial charge < -0.3 is 4.74 Å². The van der Waals surface area contributed by atoms with Crippen LogP contribution in [-0.2, 0) is 4.74 Å². The molecule has 1 nitrogen and oxygen atoms in total. The van der Waals surface area contributed by atoms with Crippen LogP contribution in [0.3, 0.4) is 0 Å².